The molecular weight excluding hydrogens is 683 g/mol. The number of rotatable bonds is 10. The lowest BCUT2D eigenvalue weighted by Crippen LogP contribution is -2.09. The number of hydrogen-bond donors (Lipinski definition) is 0. The molecule has 1 aliphatic carbocycles. The Morgan fingerprint density at radius 2 is 1.14 bits per heavy atom. The van der Waals surface area contributed by atoms with Gasteiger partial charge >= 0.3 is 0 Å². The third-order valence-corrected chi connectivity index (χ3v) is 12.5. The van der Waals surface area contributed by atoms with E-state index < -0.39 is 0 Å². The zero-order valence-corrected chi connectivity index (χ0v) is 30.9. The number of halogens is 2. The minimum Gasteiger partial charge on any atom is -0.248 e. The van der Waals surface area contributed by atoms with Crippen molar-refractivity contribution >= 4 is 56.5 Å². The first-order valence-corrected chi connectivity index (χ1v) is 20.0. The van der Waals surface area contributed by atoms with Gasteiger partial charge in [0.05, 0.1) is 23.1 Å². The number of thiophene rings is 2. The van der Waals surface area contributed by atoms with Crippen LogP contribution < -0.4 is 0 Å². The molecule has 0 aliphatic heterocycles. The highest BCUT2D eigenvalue weighted by Gasteiger charge is 2.27. The van der Waals surface area contributed by atoms with Gasteiger partial charge in [-0.1, -0.05) is 51.5 Å². The number of hydrogen-bond acceptors (Lipinski definition) is 7. The Hall–Kier alpha value is -3.92. The van der Waals surface area contributed by atoms with Crippen LogP contribution in [-0.4, -0.2) is 18.7 Å². The highest BCUT2D eigenvalue weighted by molar-refractivity contribution is 7.19. The van der Waals surface area contributed by atoms with E-state index in [2.05, 4.69) is 32.9 Å². The van der Waals surface area contributed by atoms with Crippen LogP contribution in [-0.2, 0) is 25.7 Å². The predicted octanol–water partition coefficient (Wildman–Crippen LogP) is 12.5. The van der Waals surface area contributed by atoms with Crippen molar-refractivity contribution in [3.63, 3.8) is 0 Å². The molecule has 0 bridgehead atoms. The van der Waals surface area contributed by atoms with Crippen LogP contribution in [0.3, 0.4) is 0 Å². The molecule has 0 saturated heterocycles. The first-order valence-electron chi connectivity index (χ1n) is 17.6. The lowest BCUT2D eigenvalue weighted by atomic mass is 9.97. The van der Waals surface area contributed by atoms with E-state index in [0.29, 0.717) is 17.0 Å². The topological polar surface area (TPSA) is 51.6 Å². The molecule has 7 aromatic rings. The largest absolute Gasteiger partial charge is 0.248 e. The molecule has 0 atom stereocenters. The van der Waals surface area contributed by atoms with Crippen LogP contribution in [0.5, 0.6) is 0 Å². The standard InChI is InChI=1S/C41H38F2N4S3/c1-4-5-8-24-13-15-26(28(42)21-24)32-17-19-34(48-32)36-38-39(45-31-10-7-6-9-30(31)44-38)37(41-40(36)46-50-47-41)35-20-18-33(49-35)27-16-14-25(22-29(27)43)12-11-23(2)3/h13-23H,4-12H2,1-3H3. The van der Waals surface area contributed by atoms with Gasteiger partial charge in [-0.05, 0) is 105 Å². The summed E-state index contributed by atoms with van der Waals surface area (Å²) in [6, 6.07) is 19.4. The summed E-state index contributed by atoms with van der Waals surface area (Å²) < 4.78 is 40.6. The molecule has 1 aliphatic rings. The SMILES string of the molecule is CCCCc1ccc(-c2ccc(-c3c4nsnc4c(-c4ccc(-c5ccc(CCC(C)C)cc5F)s4)c4nc5c(nc34)CCCC5)s2)c(F)c1. The summed E-state index contributed by atoms with van der Waals surface area (Å²) in [5.74, 6) is 0.174. The number of fused-ring (bicyclic) bond motifs is 3. The molecule has 8 rings (SSSR count). The van der Waals surface area contributed by atoms with Crippen molar-refractivity contribution in [1.29, 1.82) is 0 Å². The molecule has 254 valence electrons. The lowest BCUT2D eigenvalue weighted by Gasteiger charge is -2.17. The van der Waals surface area contributed by atoms with Crippen LogP contribution in [0.25, 0.3) is 63.8 Å². The molecule has 4 nitrogen and oxygen atoms in total. The van der Waals surface area contributed by atoms with Gasteiger partial charge in [0.1, 0.15) is 33.7 Å². The first kappa shape index (κ1) is 33.2. The van der Waals surface area contributed by atoms with E-state index in [4.69, 9.17) is 18.7 Å². The number of nitrogens with zero attached hydrogens (tertiary/aromatic N) is 4. The maximum Gasteiger partial charge on any atom is 0.132 e. The Morgan fingerprint density at radius 1 is 0.640 bits per heavy atom. The Kier molecular flexibility index (Phi) is 9.31. The molecule has 4 aromatic heterocycles. The summed E-state index contributed by atoms with van der Waals surface area (Å²) in [6.07, 6.45) is 8.85. The second-order valence-corrected chi connectivity index (χ2v) is 16.4. The highest BCUT2D eigenvalue weighted by Crippen LogP contribution is 2.47. The maximum atomic E-state index is 15.5. The van der Waals surface area contributed by atoms with Gasteiger partial charge in [0.25, 0.3) is 0 Å². The van der Waals surface area contributed by atoms with E-state index in [9.17, 15) is 0 Å². The molecule has 0 unspecified atom stereocenters. The Bertz CT molecular complexity index is 2350. The fourth-order valence-corrected chi connectivity index (χ4v) is 9.66. The van der Waals surface area contributed by atoms with Crippen LogP contribution in [0.2, 0.25) is 0 Å². The summed E-state index contributed by atoms with van der Waals surface area (Å²) >= 11 is 4.27. The van der Waals surface area contributed by atoms with E-state index in [0.717, 1.165) is 133 Å². The van der Waals surface area contributed by atoms with Crippen LogP contribution in [0.1, 0.15) is 75.4 Å². The molecule has 0 saturated carbocycles. The summed E-state index contributed by atoms with van der Waals surface area (Å²) in [7, 11) is 0. The molecule has 0 amide bonds. The van der Waals surface area contributed by atoms with E-state index >= 15 is 8.78 Å². The fraction of sp³-hybridized carbons (Fsp3) is 0.317. The molecule has 0 spiro atoms. The molecular formula is C41H38F2N4S3. The maximum absolute atomic E-state index is 15.5. The third kappa shape index (κ3) is 6.29. The van der Waals surface area contributed by atoms with Crippen LogP contribution in [0.4, 0.5) is 8.78 Å². The minimum atomic E-state index is -0.199. The van der Waals surface area contributed by atoms with Gasteiger partial charge in [-0.25, -0.2) is 18.7 Å². The van der Waals surface area contributed by atoms with Crippen LogP contribution in [0, 0.1) is 17.6 Å². The van der Waals surface area contributed by atoms with Crippen molar-refractivity contribution < 1.29 is 8.78 Å². The number of benzene rings is 3. The zero-order chi connectivity index (χ0) is 34.4. The average Bonchev–Trinajstić information content (AvgIpc) is 3.90. The fourth-order valence-electron chi connectivity index (χ4n) is 6.94. The van der Waals surface area contributed by atoms with Crippen molar-refractivity contribution in [2.75, 3.05) is 0 Å². The normalized spacial score (nSPS) is 13.2. The van der Waals surface area contributed by atoms with Crippen LogP contribution in [0.15, 0.2) is 60.7 Å². The Morgan fingerprint density at radius 3 is 1.62 bits per heavy atom. The van der Waals surface area contributed by atoms with Crippen molar-refractivity contribution in [1.82, 2.24) is 18.7 Å². The minimum absolute atomic E-state index is 0.198. The van der Waals surface area contributed by atoms with Gasteiger partial charge in [-0.3, -0.25) is 0 Å². The highest BCUT2D eigenvalue weighted by atomic mass is 32.1. The molecule has 0 radical (unpaired) electrons. The first-order chi connectivity index (χ1) is 24.4. The van der Waals surface area contributed by atoms with Gasteiger partial charge in [-0.2, -0.15) is 8.75 Å². The number of unbranched alkanes of at least 4 members (excludes halogenated alkanes) is 1. The Balaban J connectivity index is 1.25. The molecule has 50 heavy (non-hydrogen) atoms. The summed E-state index contributed by atoms with van der Waals surface area (Å²) in [5, 5.41) is 0. The van der Waals surface area contributed by atoms with Crippen molar-refractivity contribution in [3.05, 3.63) is 94.8 Å². The quantitative estimate of drug-likeness (QED) is 0.141. The molecule has 0 N–H and O–H groups in total. The average molecular weight is 721 g/mol. The Labute approximate surface area is 303 Å². The molecule has 3 aromatic carbocycles. The van der Waals surface area contributed by atoms with Gasteiger partial charge < -0.3 is 0 Å². The molecule has 4 heterocycles. The van der Waals surface area contributed by atoms with E-state index in [1.165, 1.54) is 11.7 Å². The third-order valence-electron chi connectivity index (χ3n) is 9.70. The predicted molar refractivity (Wildman–Crippen MR) is 206 cm³/mol. The van der Waals surface area contributed by atoms with Crippen molar-refractivity contribution in [2.45, 2.75) is 78.6 Å². The van der Waals surface area contributed by atoms with E-state index in [1.54, 1.807) is 34.8 Å². The smallest absolute Gasteiger partial charge is 0.132 e. The van der Waals surface area contributed by atoms with E-state index in [-0.39, 0.29) is 11.6 Å². The number of aromatic nitrogens is 4. The molecule has 0 fully saturated rings. The van der Waals surface area contributed by atoms with E-state index in [1.807, 2.05) is 36.4 Å². The van der Waals surface area contributed by atoms with Gasteiger partial charge in [-0.15, -0.1) is 22.7 Å². The second-order valence-electron chi connectivity index (χ2n) is 13.7. The van der Waals surface area contributed by atoms with Crippen molar-refractivity contribution in [2.24, 2.45) is 5.92 Å². The second kappa shape index (κ2) is 14.0. The lowest BCUT2D eigenvalue weighted by molar-refractivity contribution is 0.582. The summed E-state index contributed by atoms with van der Waals surface area (Å²) in [5.41, 5.74) is 10.2. The van der Waals surface area contributed by atoms with Gasteiger partial charge in [0.15, 0.2) is 0 Å². The van der Waals surface area contributed by atoms with Gasteiger partial charge in [0.2, 0.25) is 0 Å². The monoisotopic (exact) mass is 720 g/mol. The summed E-state index contributed by atoms with van der Waals surface area (Å²) in [6.45, 7) is 6.53. The zero-order valence-electron chi connectivity index (χ0n) is 28.5. The number of aryl methyl sites for hydroxylation is 4. The van der Waals surface area contributed by atoms with Gasteiger partial charge in [0, 0.05) is 41.8 Å². The molecule has 9 heteroatoms. The van der Waals surface area contributed by atoms with Crippen LogP contribution >= 0.6 is 34.4 Å². The summed E-state index contributed by atoms with van der Waals surface area (Å²) in [4.78, 5) is 14.3. The van der Waals surface area contributed by atoms with Crippen molar-refractivity contribution in [3.8, 4) is 41.8 Å².